The summed E-state index contributed by atoms with van der Waals surface area (Å²) in [6.07, 6.45) is 0.319. The number of aromatic nitrogens is 3. The van der Waals surface area contributed by atoms with Gasteiger partial charge in [0.15, 0.2) is 10.6 Å². The Bertz CT molecular complexity index is 1060. The summed E-state index contributed by atoms with van der Waals surface area (Å²) in [5, 5.41) is 16.0. The summed E-state index contributed by atoms with van der Waals surface area (Å²) >= 11 is 5.34. The Morgan fingerprint density at radius 3 is 2.54 bits per heavy atom. The van der Waals surface area contributed by atoms with Gasteiger partial charge in [-0.2, -0.15) is 10.4 Å². The number of rotatable bonds is 6. The Labute approximate surface area is 169 Å². The van der Waals surface area contributed by atoms with Gasteiger partial charge in [0, 0.05) is 32.1 Å². The molecule has 1 heterocycles. The van der Waals surface area contributed by atoms with E-state index in [0.717, 1.165) is 17.0 Å². The van der Waals surface area contributed by atoms with Gasteiger partial charge in [-0.05, 0) is 36.8 Å². The standard InChI is InChI=1S/C21H21N5OS/c1-15-3-9-18(10-4-15)20-23-24-21(28)26(20)12-11-19(27)25(2)14-17-7-5-16(13-22)6-8-17/h3-10H,11-12,14H2,1-2H3,(H,24,28). The van der Waals surface area contributed by atoms with Crippen molar-refractivity contribution in [2.75, 3.05) is 7.05 Å². The summed E-state index contributed by atoms with van der Waals surface area (Å²) in [6.45, 7) is 2.98. The van der Waals surface area contributed by atoms with Crippen molar-refractivity contribution in [3.63, 3.8) is 0 Å². The van der Waals surface area contributed by atoms with Crippen LogP contribution in [-0.2, 0) is 17.9 Å². The molecule has 0 aliphatic rings. The molecule has 0 unspecified atom stereocenters. The van der Waals surface area contributed by atoms with Crippen LogP contribution in [0.5, 0.6) is 0 Å². The van der Waals surface area contributed by atoms with E-state index >= 15 is 0 Å². The lowest BCUT2D eigenvalue weighted by atomic mass is 10.1. The highest BCUT2D eigenvalue weighted by atomic mass is 32.1. The van der Waals surface area contributed by atoms with Crippen LogP contribution in [0.4, 0.5) is 0 Å². The van der Waals surface area contributed by atoms with Crippen molar-refractivity contribution in [1.82, 2.24) is 19.7 Å². The fourth-order valence-electron chi connectivity index (χ4n) is 2.89. The highest BCUT2D eigenvalue weighted by molar-refractivity contribution is 7.71. The first-order valence-electron chi connectivity index (χ1n) is 8.93. The van der Waals surface area contributed by atoms with Crippen LogP contribution < -0.4 is 0 Å². The van der Waals surface area contributed by atoms with Crippen LogP contribution in [0.3, 0.4) is 0 Å². The Morgan fingerprint density at radius 1 is 1.21 bits per heavy atom. The van der Waals surface area contributed by atoms with Crippen LogP contribution in [0.1, 0.15) is 23.1 Å². The highest BCUT2D eigenvalue weighted by Gasteiger charge is 2.13. The van der Waals surface area contributed by atoms with Crippen LogP contribution >= 0.6 is 12.2 Å². The Balaban J connectivity index is 1.65. The monoisotopic (exact) mass is 391 g/mol. The summed E-state index contributed by atoms with van der Waals surface area (Å²) in [4.78, 5) is 14.2. The van der Waals surface area contributed by atoms with Crippen LogP contribution in [-0.4, -0.2) is 32.6 Å². The Morgan fingerprint density at radius 2 is 1.89 bits per heavy atom. The second-order valence-electron chi connectivity index (χ2n) is 6.68. The van der Waals surface area contributed by atoms with Gasteiger partial charge in [0.05, 0.1) is 11.6 Å². The number of nitrogens with zero attached hydrogens (tertiary/aromatic N) is 4. The molecule has 0 atom stereocenters. The van der Waals surface area contributed by atoms with Crippen molar-refractivity contribution in [2.24, 2.45) is 0 Å². The minimum atomic E-state index is 0.0160. The average molecular weight is 392 g/mol. The molecule has 3 rings (SSSR count). The summed E-state index contributed by atoms with van der Waals surface area (Å²) in [6, 6.07) is 17.4. The number of amides is 1. The van der Waals surface area contributed by atoms with Crippen molar-refractivity contribution in [2.45, 2.75) is 26.4 Å². The van der Waals surface area contributed by atoms with Crippen LogP contribution in [0.25, 0.3) is 11.4 Å². The molecule has 1 amide bonds. The van der Waals surface area contributed by atoms with E-state index in [1.54, 1.807) is 24.1 Å². The van der Waals surface area contributed by atoms with E-state index in [4.69, 9.17) is 17.5 Å². The van der Waals surface area contributed by atoms with Gasteiger partial charge in [-0.1, -0.05) is 42.0 Å². The third kappa shape index (κ3) is 4.53. The maximum absolute atomic E-state index is 12.6. The third-order valence-corrected chi connectivity index (χ3v) is 4.86. The maximum atomic E-state index is 12.6. The van der Waals surface area contributed by atoms with Crippen LogP contribution in [0.15, 0.2) is 48.5 Å². The second-order valence-corrected chi connectivity index (χ2v) is 7.07. The van der Waals surface area contributed by atoms with Crippen LogP contribution in [0.2, 0.25) is 0 Å². The molecular weight excluding hydrogens is 370 g/mol. The minimum Gasteiger partial charge on any atom is -0.341 e. The van der Waals surface area contributed by atoms with Crippen molar-refractivity contribution >= 4 is 18.1 Å². The van der Waals surface area contributed by atoms with Gasteiger partial charge < -0.3 is 4.90 Å². The fraction of sp³-hybridized carbons (Fsp3) is 0.238. The number of carbonyl (C=O) groups is 1. The van der Waals surface area contributed by atoms with Crippen molar-refractivity contribution in [3.05, 3.63) is 70.0 Å². The van der Waals surface area contributed by atoms with Crippen molar-refractivity contribution in [3.8, 4) is 17.5 Å². The average Bonchev–Trinajstić information content (AvgIpc) is 3.07. The molecule has 0 fully saturated rings. The normalized spacial score (nSPS) is 10.5. The van der Waals surface area contributed by atoms with E-state index in [-0.39, 0.29) is 5.91 Å². The number of nitriles is 1. The number of hydrogen-bond acceptors (Lipinski definition) is 4. The lowest BCUT2D eigenvalue weighted by Crippen LogP contribution is -2.27. The van der Waals surface area contributed by atoms with E-state index in [2.05, 4.69) is 16.3 Å². The van der Waals surface area contributed by atoms with Crippen molar-refractivity contribution < 1.29 is 4.79 Å². The molecule has 1 aromatic heterocycles. The first kappa shape index (κ1) is 19.5. The summed E-state index contributed by atoms with van der Waals surface area (Å²) in [5.41, 5.74) is 3.71. The number of hydrogen-bond donors (Lipinski definition) is 1. The third-order valence-electron chi connectivity index (χ3n) is 4.55. The van der Waals surface area contributed by atoms with Crippen molar-refractivity contribution in [1.29, 1.82) is 5.26 Å². The molecule has 1 N–H and O–H groups in total. The molecule has 0 spiro atoms. The van der Waals surface area contributed by atoms with E-state index in [1.807, 2.05) is 47.9 Å². The first-order valence-corrected chi connectivity index (χ1v) is 9.34. The number of carbonyl (C=O) groups excluding carboxylic acids is 1. The molecule has 142 valence electrons. The fourth-order valence-corrected chi connectivity index (χ4v) is 3.12. The molecule has 0 saturated carbocycles. The molecule has 28 heavy (non-hydrogen) atoms. The quantitative estimate of drug-likeness (QED) is 0.648. The molecule has 7 heteroatoms. The molecular formula is C21H21N5OS. The maximum Gasteiger partial charge on any atom is 0.224 e. The molecule has 0 saturated heterocycles. The number of aromatic amines is 1. The van der Waals surface area contributed by atoms with E-state index in [9.17, 15) is 4.79 Å². The highest BCUT2D eigenvalue weighted by Crippen LogP contribution is 2.18. The topological polar surface area (TPSA) is 77.7 Å². The van der Waals surface area contributed by atoms with Gasteiger partial charge in [-0.3, -0.25) is 14.5 Å². The summed E-state index contributed by atoms with van der Waals surface area (Å²) in [7, 11) is 1.77. The largest absolute Gasteiger partial charge is 0.341 e. The van der Waals surface area contributed by atoms with Gasteiger partial charge in [0.1, 0.15) is 0 Å². The van der Waals surface area contributed by atoms with Gasteiger partial charge in [0.2, 0.25) is 5.91 Å². The summed E-state index contributed by atoms with van der Waals surface area (Å²) in [5.74, 6) is 0.745. The zero-order chi connectivity index (χ0) is 20.1. The molecule has 0 bridgehead atoms. The molecule has 0 radical (unpaired) electrons. The Hall–Kier alpha value is -3.24. The van der Waals surface area contributed by atoms with Gasteiger partial charge >= 0.3 is 0 Å². The minimum absolute atomic E-state index is 0.0160. The number of H-pyrrole nitrogens is 1. The predicted molar refractivity (Wildman–Crippen MR) is 110 cm³/mol. The second kappa shape index (κ2) is 8.63. The van der Waals surface area contributed by atoms with E-state index < -0.39 is 0 Å². The number of benzene rings is 2. The summed E-state index contributed by atoms with van der Waals surface area (Å²) < 4.78 is 2.35. The zero-order valence-electron chi connectivity index (χ0n) is 15.8. The first-order chi connectivity index (χ1) is 13.5. The van der Waals surface area contributed by atoms with Gasteiger partial charge in [-0.25, -0.2) is 0 Å². The lowest BCUT2D eigenvalue weighted by Gasteiger charge is -2.18. The predicted octanol–water partition coefficient (Wildman–Crippen LogP) is 3.84. The molecule has 3 aromatic rings. The smallest absolute Gasteiger partial charge is 0.224 e. The molecule has 0 aliphatic carbocycles. The van der Waals surface area contributed by atoms with E-state index in [1.165, 1.54) is 5.56 Å². The molecule has 0 aliphatic heterocycles. The lowest BCUT2D eigenvalue weighted by molar-refractivity contribution is -0.130. The zero-order valence-corrected chi connectivity index (χ0v) is 16.7. The molecule has 6 nitrogen and oxygen atoms in total. The Kier molecular flexibility index (Phi) is 6.02. The van der Waals surface area contributed by atoms with Gasteiger partial charge in [0.25, 0.3) is 0 Å². The SMILES string of the molecule is Cc1ccc(-c2n[nH]c(=S)n2CCC(=O)N(C)Cc2ccc(C#N)cc2)cc1. The number of aryl methyl sites for hydroxylation is 1. The van der Waals surface area contributed by atoms with E-state index in [0.29, 0.717) is 29.8 Å². The van der Waals surface area contributed by atoms with Crippen LogP contribution in [0, 0.1) is 23.0 Å². The van der Waals surface area contributed by atoms with Gasteiger partial charge in [-0.15, -0.1) is 0 Å². The molecule has 2 aromatic carbocycles. The number of nitrogens with one attached hydrogen (secondary N) is 1.